The minimum Gasteiger partial charge on any atom is -0.384 e. The first kappa shape index (κ1) is 10.6. The van der Waals surface area contributed by atoms with Crippen LogP contribution in [0.2, 0.25) is 0 Å². The Morgan fingerprint density at radius 2 is 2.18 bits per heavy atom. The van der Waals surface area contributed by atoms with Crippen LogP contribution in [-0.4, -0.2) is 23.4 Å². The zero-order valence-corrected chi connectivity index (χ0v) is 9.58. The molecular formula is C13H15FN2O. The number of halogens is 1. The highest BCUT2D eigenvalue weighted by Gasteiger charge is 2.33. The second-order valence-electron chi connectivity index (χ2n) is 4.73. The third-order valence-corrected chi connectivity index (χ3v) is 3.37. The van der Waals surface area contributed by atoms with E-state index < -0.39 is 0 Å². The van der Waals surface area contributed by atoms with Gasteiger partial charge in [0.05, 0.1) is 0 Å². The predicted molar refractivity (Wildman–Crippen MR) is 63.1 cm³/mol. The molecule has 2 aliphatic rings. The molecule has 1 N–H and O–H groups in total. The van der Waals surface area contributed by atoms with E-state index >= 15 is 0 Å². The molecule has 0 aromatic heterocycles. The maximum atomic E-state index is 13.2. The topological polar surface area (TPSA) is 32.3 Å². The fourth-order valence-electron chi connectivity index (χ4n) is 2.30. The zero-order valence-electron chi connectivity index (χ0n) is 9.58. The Morgan fingerprint density at radius 1 is 1.35 bits per heavy atom. The standard InChI is InChI=1S/C13H15FN2O/c14-10-1-4-12-9(7-10)8-16(11-2-3-11)13(17)5-6-15-12/h1,4,7,11,15H,2-3,5-6,8H2. The Hall–Kier alpha value is -1.58. The van der Waals surface area contributed by atoms with E-state index in [1.54, 1.807) is 6.07 Å². The van der Waals surface area contributed by atoms with Crippen LogP contribution < -0.4 is 5.32 Å². The highest BCUT2D eigenvalue weighted by Crippen LogP contribution is 2.31. The molecule has 1 heterocycles. The quantitative estimate of drug-likeness (QED) is 0.807. The lowest BCUT2D eigenvalue weighted by molar-refractivity contribution is -0.132. The number of rotatable bonds is 1. The van der Waals surface area contributed by atoms with E-state index in [0.717, 1.165) is 24.1 Å². The highest BCUT2D eigenvalue weighted by atomic mass is 19.1. The van der Waals surface area contributed by atoms with E-state index in [9.17, 15) is 9.18 Å². The van der Waals surface area contributed by atoms with Crippen molar-refractivity contribution < 1.29 is 9.18 Å². The van der Waals surface area contributed by atoms with Crippen molar-refractivity contribution in [3.05, 3.63) is 29.6 Å². The van der Waals surface area contributed by atoms with Gasteiger partial charge >= 0.3 is 0 Å². The first-order valence-corrected chi connectivity index (χ1v) is 6.06. The highest BCUT2D eigenvalue weighted by molar-refractivity contribution is 5.78. The van der Waals surface area contributed by atoms with Crippen LogP contribution in [0.1, 0.15) is 24.8 Å². The summed E-state index contributed by atoms with van der Waals surface area (Å²) >= 11 is 0. The molecule has 1 aliphatic heterocycles. The molecular weight excluding hydrogens is 219 g/mol. The summed E-state index contributed by atoms with van der Waals surface area (Å²) in [5.41, 5.74) is 1.83. The van der Waals surface area contributed by atoms with Gasteiger partial charge in [-0.1, -0.05) is 0 Å². The van der Waals surface area contributed by atoms with Gasteiger partial charge in [0.15, 0.2) is 0 Å². The van der Waals surface area contributed by atoms with E-state index in [4.69, 9.17) is 0 Å². The van der Waals surface area contributed by atoms with Crippen LogP contribution in [0.25, 0.3) is 0 Å². The van der Waals surface area contributed by atoms with Crippen molar-refractivity contribution in [3.8, 4) is 0 Å². The molecule has 0 spiro atoms. The zero-order chi connectivity index (χ0) is 11.8. The molecule has 1 aliphatic carbocycles. The maximum absolute atomic E-state index is 13.2. The molecule has 0 saturated heterocycles. The van der Waals surface area contributed by atoms with Gasteiger partial charge in [0.2, 0.25) is 5.91 Å². The van der Waals surface area contributed by atoms with Crippen molar-refractivity contribution in [2.75, 3.05) is 11.9 Å². The maximum Gasteiger partial charge on any atom is 0.224 e. The Balaban J connectivity index is 1.93. The Kier molecular flexibility index (Phi) is 2.50. The van der Waals surface area contributed by atoms with Gasteiger partial charge in [-0.05, 0) is 36.6 Å². The van der Waals surface area contributed by atoms with Crippen LogP contribution in [0, 0.1) is 5.82 Å². The molecule has 90 valence electrons. The number of amides is 1. The largest absolute Gasteiger partial charge is 0.384 e. The number of anilines is 1. The molecule has 1 fully saturated rings. The smallest absolute Gasteiger partial charge is 0.224 e. The second-order valence-corrected chi connectivity index (χ2v) is 4.73. The van der Waals surface area contributed by atoms with Crippen molar-refractivity contribution >= 4 is 11.6 Å². The molecule has 0 radical (unpaired) electrons. The first-order chi connectivity index (χ1) is 8.24. The van der Waals surface area contributed by atoms with E-state index in [2.05, 4.69) is 5.32 Å². The van der Waals surface area contributed by atoms with Gasteiger partial charge in [-0.2, -0.15) is 0 Å². The molecule has 1 aromatic carbocycles. The van der Waals surface area contributed by atoms with Crippen LogP contribution in [0.3, 0.4) is 0 Å². The van der Waals surface area contributed by atoms with Gasteiger partial charge in [-0.3, -0.25) is 4.79 Å². The van der Waals surface area contributed by atoms with Gasteiger partial charge in [0, 0.05) is 31.2 Å². The Bertz CT molecular complexity index is 457. The van der Waals surface area contributed by atoms with Crippen LogP contribution >= 0.6 is 0 Å². The lowest BCUT2D eigenvalue weighted by Crippen LogP contribution is -2.35. The summed E-state index contributed by atoms with van der Waals surface area (Å²) < 4.78 is 13.2. The molecule has 3 nitrogen and oxygen atoms in total. The van der Waals surface area contributed by atoms with Gasteiger partial charge < -0.3 is 10.2 Å². The van der Waals surface area contributed by atoms with E-state index in [1.165, 1.54) is 12.1 Å². The number of nitrogens with one attached hydrogen (secondary N) is 1. The summed E-state index contributed by atoms with van der Waals surface area (Å²) in [6, 6.07) is 5.12. The molecule has 1 aromatic rings. The SMILES string of the molecule is O=C1CCNc2ccc(F)cc2CN1C1CC1. The summed E-state index contributed by atoms with van der Waals surface area (Å²) in [6.45, 7) is 1.16. The fourth-order valence-corrected chi connectivity index (χ4v) is 2.30. The summed E-state index contributed by atoms with van der Waals surface area (Å²) in [5.74, 6) is -0.0655. The molecule has 4 heteroatoms. The summed E-state index contributed by atoms with van der Waals surface area (Å²) in [5, 5.41) is 3.19. The van der Waals surface area contributed by atoms with E-state index in [-0.39, 0.29) is 11.7 Å². The molecule has 0 bridgehead atoms. The van der Waals surface area contributed by atoms with E-state index in [1.807, 2.05) is 4.90 Å². The van der Waals surface area contributed by atoms with E-state index in [0.29, 0.717) is 25.6 Å². The van der Waals surface area contributed by atoms with Crippen LogP contribution in [0.15, 0.2) is 18.2 Å². The average molecular weight is 234 g/mol. The lowest BCUT2D eigenvalue weighted by Gasteiger charge is -2.27. The second kappa shape index (κ2) is 4.02. The van der Waals surface area contributed by atoms with Crippen molar-refractivity contribution in [1.82, 2.24) is 4.90 Å². The van der Waals surface area contributed by atoms with Crippen molar-refractivity contribution in [2.45, 2.75) is 31.8 Å². The monoisotopic (exact) mass is 234 g/mol. The number of hydrogen-bond acceptors (Lipinski definition) is 2. The molecule has 3 rings (SSSR count). The van der Waals surface area contributed by atoms with Crippen LogP contribution in [0.4, 0.5) is 10.1 Å². The molecule has 1 saturated carbocycles. The van der Waals surface area contributed by atoms with Gasteiger partial charge in [0.1, 0.15) is 5.82 Å². The number of carbonyl (C=O) groups is 1. The van der Waals surface area contributed by atoms with Gasteiger partial charge in [-0.25, -0.2) is 4.39 Å². The fraction of sp³-hybridized carbons (Fsp3) is 0.462. The van der Waals surface area contributed by atoms with Crippen LogP contribution in [0.5, 0.6) is 0 Å². The number of carbonyl (C=O) groups excluding carboxylic acids is 1. The third-order valence-electron chi connectivity index (χ3n) is 3.37. The minimum absolute atomic E-state index is 0.176. The van der Waals surface area contributed by atoms with Gasteiger partial charge in [-0.15, -0.1) is 0 Å². The third kappa shape index (κ3) is 2.12. The molecule has 0 unspecified atom stereocenters. The summed E-state index contributed by atoms with van der Waals surface area (Å²) in [4.78, 5) is 13.8. The molecule has 0 atom stereocenters. The number of benzene rings is 1. The number of nitrogens with zero attached hydrogens (tertiary/aromatic N) is 1. The average Bonchev–Trinajstić information content (AvgIpc) is 3.10. The predicted octanol–water partition coefficient (Wildman–Crippen LogP) is 2.13. The van der Waals surface area contributed by atoms with Crippen molar-refractivity contribution in [1.29, 1.82) is 0 Å². The number of hydrogen-bond donors (Lipinski definition) is 1. The Morgan fingerprint density at radius 3 is 2.94 bits per heavy atom. The summed E-state index contributed by atoms with van der Waals surface area (Å²) in [7, 11) is 0. The first-order valence-electron chi connectivity index (χ1n) is 6.06. The summed E-state index contributed by atoms with van der Waals surface area (Å²) in [6.07, 6.45) is 2.70. The Labute approximate surface area is 99.6 Å². The number of fused-ring (bicyclic) bond motifs is 1. The van der Waals surface area contributed by atoms with Crippen LogP contribution in [-0.2, 0) is 11.3 Å². The molecule has 17 heavy (non-hydrogen) atoms. The molecule has 1 amide bonds. The van der Waals surface area contributed by atoms with Gasteiger partial charge in [0.25, 0.3) is 0 Å². The van der Waals surface area contributed by atoms with Crippen molar-refractivity contribution in [3.63, 3.8) is 0 Å². The lowest BCUT2D eigenvalue weighted by atomic mass is 10.1. The normalized spacial score (nSPS) is 20.3. The minimum atomic E-state index is -0.241. The van der Waals surface area contributed by atoms with Crippen molar-refractivity contribution in [2.24, 2.45) is 0 Å².